The molecule has 3 N–H and O–H groups in total. The van der Waals surface area contributed by atoms with Gasteiger partial charge in [-0.1, -0.05) is 6.92 Å². The Kier molecular flexibility index (Phi) is 3.99. The van der Waals surface area contributed by atoms with Gasteiger partial charge in [-0.2, -0.15) is 0 Å². The van der Waals surface area contributed by atoms with Crippen LogP contribution in [0.5, 0.6) is 0 Å². The van der Waals surface area contributed by atoms with E-state index in [2.05, 4.69) is 15.3 Å². The Morgan fingerprint density at radius 1 is 1.53 bits per heavy atom. The molecule has 1 aromatic rings. The van der Waals surface area contributed by atoms with Gasteiger partial charge in [0.25, 0.3) is 0 Å². The Labute approximate surface area is 87.0 Å². The Morgan fingerprint density at radius 2 is 2.27 bits per heavy atom. The molecule has 6 heteroatoms. The van der Waals surface area contributed by atoms with Crippen molar-refractivity contribution >= 4 is 11.8 Å². The molecule has 0 amide bonds. The van der Waals surface area contributed by atoms with Gasteiger partial charge in [0.1, 0.15) is 5.82 Å². The molecule has 0 aromatic carbocycles. The second-order valence-electron chi connectivity index (χ2n) is 3.02. The molecule has 82 valence electrons. The van der Waals surface area contributed by atoms with E-state index in [0.29, 0.717) is 5.82 Å². The maximum atomic E-state index is 10.5. The number of anilines is 1. The average molecular weight is 211 g/mol. The number of aliphatic hydroxyl groups excluding tert-OH is 1. The number of hydrogen-bond donors (Lipinski definition) is 3. The summed E-state index contributed by atoms with van der Waals surface area (Å²) in [7, 11) is 0. The summed E-state index contributed by atoms with van der Waals surface area (Å²) in [5.74, 6) is -0.649. The van der Waals surface area contributed by atoms with Crippen LogP contribution in [0, 0.1) is 0 Å². The number of nitrogens with zero attached hydrogens (tertiary/aromatic N) is 2. The zero-order valence-electron chi connectivity index (χ0n) is 8.34. The fourth-order valence-electron chi connectivity index (χ4n) is 0.999. The highest BCUT2D eigenvalue weighted by atomic mass is 16.4. The predicted octanol–water partition coefficient (Wildman–Crippen LogP) is 0.358. The smallest absolute Gasteiger partial charge is 0.356 e. The highest BCUT2D eigenvalue weighted by molar-refractivity contribution is 5.84. The van der Waals surface area contributed by atoms with Gasteiger partial charge in [-0.3, -0.25) is 0 Å². The van der Waals surface area contributed by atoms with Crippen molar-refractivity contribution in [3.05, 3.63) is 18.1 Å². The fourth-order valence-corrected chi connectivity index (χ4v) is 0.999. The van der Waals surface area contributed by atoms with Crippen LogP contribution in [0.2, 0.25) is 0 Å². The number of aromatic carboxylic acids is 1. The number of aliphatic hydroxyl groups is 1. The summed E-state index contributed by atoms with van der Waals surface area (Å²) >= 11 is 0. The van der Waals surface area contributed by atoms with Crippen LogP contribution in [-0.2, 0) is 0 Å². The van der Waals surface area contributed by atoms with E-state index in [9.17, 15) is 4.79 Å². The molecule has 1 aromatic heterocycles. The van der Waals surface area contributed by atoms with Gasteiger partial charge in [-0.05, 0) is 6.42 Å². The summed E-state index contributed by atoms with van der Waals surface area (Å²) < 4.78 is 0. The highest BCUT2D eigenvalue weighted by Crippen LogP contribution is 2.04. The van der Waals surface area contributed by atoms with Gasteiger partial charge in [0.05, 0.1) is 25.0 Å². The first-order chi connectivity index (χ1) is 7.17. The highest BCUT2D eigenvalue weighted by Gasteiger charge is 2.07. The lowest BCUT2D eigenvalue weighted by Crippen LogP contribution is -2.23. The van der Waals surface area contributed by atoms with Gasteiger partial charge in [0.15, 0.2) is 5.69 Å². The van der Waals surface area contributed by atoms with Crippen molar-refractivity contribution < 1.29 is 15.0 Å². The molecule has 6 nitrogen and oxygen atoms in total. The van der Waals surface area contributed by atoms with Crippen molar-refractivity contribution in [3.8, 4) is 0 Å². The molecule has 1 heterocycles. The van der Waals surface area contributed by atoms with Crippen molar-refractivity contribution in [2.24, 2.45) is 0 Å². The summed E-state index contributed by atoms with van der Waals surface area (Å²) in [6.45, 7) is 1.92. The third-order valence-corrected chi connectivity index (χ3v) is 1.94. The summed E-state index contributed by atoms with van der Waals surface area (Å²) in [6, 6.07) is -0.0880. The minimum Gasteiger partial charge on any atom is -0.476 e. The minimum absolute atomic E-state index is 0.00113. The SMILES string of the molecule is CC[C@@H](CO)Nc1cnc(C(=O)O)cn1. The molecule has 0 bridgehead atoms. The van der Waals surface area contributed by atoms with E-state index >= 15 is 0 Å². The van der Waals surface area contributed by atoms with Crippen LogP contribution in [0.15, 0.2) is 12.4 Å². The fraction of sp³-hybridized carbons (Fsp3) is 0.444. The molecular weight excluding hydrogens is 198 g/mol. The third kappa shape index (κ3) is 3.17. The van der Waals surface area contributed by atoms with Gasteiger partial charge in [0.2, 0.25) is 0 Å². The predicted molar refractivity (Wildman–Crippen MR) is 53.8 cm³/mol. The van der Waals surface area contributed by atoms with E-state index in [1.807, 2.05) is 6.92 Å². The van der Waals surface area contributed by atoms with Crippen molar-refractivity contribution in [2.75, 3.05) is 11.9 Å². The molecule has 1 atom stereocenters. The van der Waals surface area contributed by atoms with Gasteiger partial charge < -0.3 is 15.5 Å². The lowest BCUT2D eigenvalue weighted by atomic mass is 10.2. The average Bonchev–Trinajstić information content (AvgIpc) is 2.26. The van der Waals surface area contributed by atoms with E-state index in [1.165, 1.54) is 12.4 Å². The molecule has 0 aliphatic heterocycles. The number of carboxylic acids is 1. The first-order valence-corrected chi connectivity index (χ1v) is 4.60. The second-order valence-corrected chi connectivity index (χ2v) is 3.02. The van der Waals surface area contributed by atoms with Crippen molar-refractivity contribution in [2.45, 2.75) is 19.4 Å². The molecule has 0 saturated carbocycles. The topological polar surface area (TPSA) is 95.3 Å². The van der Waals surface area contributed by atoms with Crippen molar-refractivity contribution in [1.29, 1.82) is 0 Å². The summed E-state index contributed by atoms with van der Waals surface area (Å²) in [5.41, 5.74) is -0.0994. The minimum atomic E-state index is -1.11. The lowest BCUT2D eigenvalue weighted by molar-refractivity contribution is 0.0690. The monoisotopic (exact) mass is 211 g/mol. The second kappa shape index (κ2) is 5.26. The van der Waals surface area contributed by atoms with Crippen LogP contribution in [0.4, 0.5) is 5.82 Å². The Balaban J connectivity index is 2.67. The molecule has 0 fully saturated rings. The Hall–Kier alpha value is -1.69. The molecule has 1 rings (SSSR count). The van der Waals surface area contributed by atoms with E-state index < -0.39 is 5.97 Å². The third-order valence-electron chi connectivity index (χ3n) is 1.94. The van der Waals surface area contributed by atoms with E-state index in [1.54, 1.807) is 0 Å². The quantitative estimate of drug-likeness (QED) is 0.650. The number of carboxylic acid groups (broad SMARTS) is 1. The maximum absolute atomic E-state index is 10.5. The molecule has 0 aliphatic rings. The molecule has 0 radical (unpaired) electrons. The molecule has 15 heavy (non-hydrogen) atoms. The van der Waals surface area contributed by atoms with Crippen molar-refractivity contribution in [1.82, 2.24) is 9.97 Å². The van der Waals surface area contributed by atoms with Crippen LogP contribution in [-0.4, -0.2) is 38.8 Å². The molecule has 0 saturated heterocycles. The normalized spacial score (nSPS) is 12.1. The summed E-state index contributed by atoms with van der Waals surface area (Å²) in [6.07, 6.45) is 3.26. The van der Waals surface area contributed by atoms with Gasteiger partial charge in [0, 0.05) is 0 Å². The zero-order chi connectivity index (χ0) is 11.3. The molecular formula is C9H13N3O3. The van der Waals surface area contributed by atoms with E-state index in [-0.39, 0.29) is 18.3 Å². The van der Waals surface area contributed by atoms with Gasteiger partial charge >= 0.3 is 5.97 Å². The first kappa shape index (κ1) is 11.4. The molecule has 0 unspecified atom stereocenters. The Bertz CT molecular complexity index is 322. The summed E-state index contributed by atoms with van der Waals surface area (Å²) in [4.78, 5) is 18.0. The van der Waals surface area contributed by atoms with Crippen LogP contribution >= 0.6 is 0 Å². The number of nitrogens with one attached hydrogen (secondary N) is 1. The zero-order valence-corrected chi connectivity index (χ0v) is 8.34. The largest absolute Gasteiger partial charge is 0.476 e. The van der Waals surface area contributed by atoms with Crippen LogP contribution in [0.3, 0.4) is 0 Å². The number of carbonyl (C=O) groups is 1. The first-order valence-electron chi connectivity index (χ1n) is 4.60. The van der Waals surface area contributed by atoms with Crippen LogP contribution in [0.25, 0.3) is 0 Å². The van der Waals surface area contributed by atoms with E-state index in [4.69, 9.17) is 10.2 Å². The molecule has 0 spiro atoms. The number of rotatable bonds is 5. The molecule has 0 aliphatic carbocycles. The van der Waals surface area contributed by atoms with Gasteiger partial charge in [-0.25, -0.2) is 14.8 Å². The van der Waals surface area contributed by atoms with Crippen molar-refractivity contribution in [3.63, 3.8) is 0 Å². The number of aromatic nitrogens is 2. The van der Waals surface area contributed by atoms with Gasteiger partial charge in [-0.15, -0.1) is 0 Å². The van der Waals surface area contributed by atoms with Crippen LogP contribution in [0.1, 0.15) is 23.8 Å². The maximum Gasteiger partial charge on any atom is 0.356 e. The van der Waals surface area contributed by atoms with Crippen LogP contribution < -0.4 is 5.32 Å². The Morgan fingerprint density at radius 3 is 2.67 bits per heavy atom. The van der Waals surface area contributed by atoms with E-state index in [0.717, 1.165) is 6.42 Å². The standard InChI is InChI=1S/C9H13N3O3/c1-2-6(5-13)12-8-4-10-7(3-11-8)9(14)15/h3-4,6,13H,2,5H2,1H3,(H,11,12)(H,14,15)/t6-/m0/s1. The summed E-state index contributed by atoms with van der Waals surface area (Å²) in [5, 5.41) is 20.4. The lowest BCUT2D eigenvalue weighted by Gasteiger charge is -2.13. The number of hydrogen-bond acceptors (Lipinski definition) is 5.